The molecule has 1 aliphatic rings. The van der Waals surface area contributed by atoms with Crippen molar-refractivity contribution in [3.8, 4) is 0 Å². The van der Waals surface area contributed by atoms with Gasteiger partial charge in [-0.25, -0.2) is 8.42 Å². The van der Waals surface area contributed by atoms with Crippen molar-refractivity contribution in [3.05, 3.63) is 29.8 Å². The van der Waals surface area contributed by atoms with Crippen LogP contribution < -0.4 is 4.90 Å². The Labute approximate surface area is 116 Å². The number of anilines is 1. The summed E-state index contributed by atoms with van der Waals surface area (Å²) in [6.07, 6.45) is 1.28. The number of piperazine rings is 1. The molecule has 2 rings (SSSR count). The highest BCUT2D eigenvalue weighted by Crippen LogP contribution is 2.22. The van der Waals surface area contributed by atoms with Crippen LogP contribution in [-0.4, -0.2) is 45.2 Å². The quantitative estimate of drug-likeness (QED) is 0.850. The lowest BCUT2D eigenvalue weighted by Crippen LogP contribution is -2.48. The molecule has 19 heavy (non-hydrogen) atoms. The van der Waals surface area contributed by atoms with E-state index in [-0.39, 0.29) is 0 Å². The minimum absolute atomic E-state index is 0.511. The number of benzene rings is 1. The first kappa shape index (κ1) is 14.3. The second-order valence-electron chi connectivity index (χ2n) is 5.40. The molecule has 0 unspecified atom stereocenters. The zero-order chi connectivity index (χ0) is 14.0. The number of nitrogens with zero attached hydrogens (tertiary/aromatic N) is 2. The second-order valence-corrected chi connectivity index (χ2v) is 7.38. The average molecular weight is 282 g/mol. The molecule has 0 bridgehead atoms. The molecule has 1 aliphatic heterocycles. The maximum absolute atomic E-state index is 11.5. The molecule has 5 heteroatoms. The third kappa shape index (κ3) is 3.48. The summed E-state index contributed by atoms with van der Waals surface area (Å²) in [5.74, 6) is 0.511. The summed E-state index contributed by atoms with van der Waals surface area (Å²) in [7, 11) is -3.05. The van der Waals surface area contributed by atoms with Crippen molar-refractivity contribution in [2.45, 2.75) is 19.8 Å². The third-order valence-corrected chi connectivity index (χ3v) is 4.91. The van der Waals surface area contributed by atoms with E-state index < -0.39 is 10.0 Å². The minimum Gasteiger partial charge on any atom is -0.369 e. The zero-order valence-corrected chi connectivity index (χ0v) is 12.7. The van der Waals surface area contributed by atoms with Crippen molar-refractivity contribution < 1.29 is 8.42 Å². The topological polar surface area (TPSA) is 40.6 Å². The first-order valence-corrected chi connectivity index (χ1v) is 8.53. The molecule has 0 N–H and O–H groups in total. The van der Waals surface area contributed by atoms with E-state index in [0.29, 0.717) is 19.0 Å². The van der Waals surface area contributed by atoms with Gasteiger partial charge in [-0.3, -0.25) is 0 Å². The van der Waals surface area contributed by atoms with Crippen LogP contribution in [0.1, 0.15) is 25.3 Å². The fourth-order valence-electron chi connectivity index (χ4n) is 2.36. The Morgan fingerprint density at radius 3 is 2.26 bits per heavy atom. The Morgan fingerprint density at radius 1 is 1.11 bits per heavy atom. The predicted molar refractivity (Wildman–Crippen MR) is 79.2 cm³/mol. The van der Waals surface area contributed by atoms with E-state index in [4.69, 9.17) is 0 Å². The molecule has 1 saturated heterocycles. The summed E-state index contributed by atoms with van der Waals surface area (Å²) >= 11 is 0. The second kappa shape index (κ2) is 5.51. The summed E-state index contributed by atoms with van der Waals surface area (Å²) in [6, 6.07) is 8.53. The van der Waals surface area contributed by atoms with Gasteiger partial charge in [0.25, 0.3) is 0 Å². The molecular weight excluding hydrogens is 260 g/mol. The molecule has 0 atom stereocenters. The van der Waals surface area contributed by atoms with Crippen molar-refractivity contribution >= 4 is 15.7 Å². The smallest absolute Gasteiger partial charge is 0.211 e. The Hall–Kier alpha value is -1.07. The van der Waals surface area contributed by atoms with Gasteiger partial charge in [-0.1, -0.05) is 26.0 Å². The van der Waals surface area contributed by atoms with Crippen molar-refractivity contribution in [1.82, 2.24) is 4.31 Å². The molecule has 0 spiro atoms. The summed E-state index contributed by atoms with van der Waals surface area (Å²) in [5, 5.41) is 0. The summed E-state index contributed by atoms with van der Waals surface area (Å²) in [4.78, 5) is 2.26. The molecule has 1 aromatic rings. The minimum atomic E-state index is -3.05. The van der Waals surface area contributed by atoms with Gasteiger partial charge < -0.3 is 4.90 Å². The van der Waals surface area contributed by atoms with E-state index in [0.717, 1.165) is 13.1 Å². The molecule has 0 aliphatic carbocycles. The number of rotatable bonds is 3. The standard InChI is InChI=1S/C14H22N2O2S/c1-12(2)13-5-4-6-14(11-13)15-7-9-16(10-8-15)19(3,17)18/h4-6,11-12H,7-10H2,1-3H3. The first-order chi connectivity index (χ1) is 8.88. The van der Waals surface area contributed by atoms with Gasteiger partial charge in [0.1, 0.15) is 0 Å². The van der Waals surface area contributed by atoms with Gasteiger partial charge >= 0.3 is 0 Å². The fourth-order valence-corrected chi connectivity index (χ4v) is 3.19. The lowest BCUT2D eigenvalue weighted by molar-refractivity contribution is 0.388. The molecule has 1 aromatic carbocycles. The number of hydrogen-bond acceptors (Lipinski definition) is 3. The molecule has 0 saturated carbocycles. The molecule has 4 nitrogen and oxygen atoms in total. The molecule has 106 valence electrons. The van der Waals surface area contributed by atoms with Crippen molar-refractivity contribution in [1.29, 1.82) is 0 Å². The predicted octanol–water partition coefficient (Wildman–Crippen LogP) is 1.89. The molecule has 0 aromatic heterocycles. The zero-order valence-electron chi connectivity index (χ0n) is 11.8. The molecule has 0 radical (unpaired) electrons. The molecule has 1 fully saturated rings. The maximum Gasteiger partial charge on any atom is 0.211 e. The monoisotopic (exact) mass is 282 g/mol. The summed E-state index contributed by atoms with van der Waals surface area (Å²) in [5.41, 5.74) is 2.52. The van der Waals surface area contributed by atoms with Gasteiger partial charge in [0.2, 0.25) is 10.0 Å². The third-order valence-electron chi connectivity index (χ3n) is 3.61. The number of sulfonamides is 1. The largest absolute Gasteiger partial charge is 0.369 e. The van der Waals surface area contributed by atoms with Crippen LogP contribution in [0.15, 0.2) is 24.3 Å². The SMILES string of the molecule is CC(C)c1cccc(N2CCN(S(C)(=O)=O)CC2)c1. The van der Waals surface area contributed by atoms with Crippen LogP contribution in [0, 0.1) is 0 Å². The van der Waals surface area contributed by atoms with Gasteiger partial charge in [0.15, 0.2) is 0 Å². The number of hydrogen-bond donors (Lipinski definition) is 0. The maximum atomic E-state index is 11.5. The van der Waals surface area contributed by atoms with Gasteiger partial charge in [-0.2, -0.15) is 4.31 Å². The van der Waals surface area contributed by atoms with Gasteiger partial charge in [-0.15, -0.1) is 0 Å². The van der Waals surface area contributed by atoms with Crippen LogP contribution in [-0.2, 0) is 10.0 Å². The summed E-state index contributed by atoms with van der Waals surface area (Å²) < 4.78 is 24.5. The van der Waals surface area contributed by atoms with E-state index in [2.05, 4.69) is 43.0 Å². The van der Waals surface area contributed by atoms with E-state index in [1.807, 2.05) is 0 Å². The average Bonchev–Trinajstić information content (AvgIpc) is 2.38. The van der Waals surface area contributed by atoms with Gasteiger partial charge in [0, 0.05) is 31.9 Å². The molecule has 0 amide bonds. The Morgan fingerprint density at radius 2 is 1.74 bits per heavy atom. The van der Waals surface area contributed by atoms with E-state index in [1.165, 1.54) is 17.5 Å². The lowest BCUT2D eigenvalue weighted by Gasteiger charge is -2.35. The van der Waals surface area contributed by atoms with Crippen molar-refractivity contribution in [3.63, 3.8) is 0 Å². The van der Waals surface area contributed by atoms with Crippen LogP contribution in [0.25, 0.3) is 0 Å². The highest BCUT2D eigenvalue weighted by atomic mass is 32.2. The fraction of sp³-hybridized carbons (Fsp3) is 0.571. The van der Waals surface area contributed by atoms with Crippen LogP contribution in [0.2, 0.25) is 0 Å². The Kier molecular flexibility index (Phi) is 4.16. The van der Waals surface area contributed by atoms with Crippen LogP contribution in [0.4, 0.5) is 5.69 Å². The highest BCUT2D eigenvalue weighted by molar-refractivity contribution is 7.88. The van der Waals surface area contributed by atoms with E-state index in [9.17, 15) is 8.42 Å². The van der Waals surface area contributed by atoms with E-state index >= 15 is 0 Å². The first-order valence-electron chi connectivity index (χ1n) is 6.68. The van der Waals surface area contributed by atoms with Crippen molar-refractivity contribution in [2.24, 2.45) is 0 Å². The molecular formula is C14H22N2O2S. The Balaban J connectivity index is 2.07. The highest BCUT2D eigenvalue weighted by Gasteiger charge is 2.23. The van der Waals surface area contributed by atoms with Crippen LogP contribution in [0.5, 0.6) is 0 Å². The lowest BCUT2D eigenvalue weighted by atomic mass is 10.0. The molecule has 1 heterocycles. The van der Waals surface area contributed by atoms with Crippen LogP contribution in [0.3, 0.4) is 0 Å². The van der Waals surface area contributed by atoms with Gasteiger partial charge in [-0.05, 0) is 23.6 Å². The Bertz CT molecular complexity index is 532. The van der Waals surface area contributed by atoms with Gasteiger partial charge in [0.05, 0.1) is 6.26 Å². The summed E-state index contributed by atoms with van der Waals surface area (Å²) in [6.45, 7) is 7.03. The van der Waals surface area contributed by atoms with Crippen molar-refractivity contribution in [2.75, 3.05) is 37.3 Å². The normalized spacial score (nSPS) is 18.0. The van der Waals surface area contributed by atoms with Crippen LogP contribution >= 0.6 is 0 Å². The van der Waals surface area contributed by atoms with E-state index in [1.54, 1.807) is 4.31 Å².